The van der Waals surface area contributed by atoms with Gasteiger partial charge in [0.15, 0.2) is 0 Å². The molecule has 0 saturated carbocycles. The minimum Gasteiger partial charge on any atom is -0.481 e. The molecule has 70 valence electrons. The number of carboxylic acids is 1. The van der Waals surface area contributed by atoms with E-state index in [0.29, 0.717) is 0 Å². The van der Waals surface area contributed by atoms with Crippen LogP contribution in [0.1, 0.15) is 27.2 Å². The van der Waals surface area contributed by atoms with Crippen molar-refractivity contribution < 1.29 is 15.0 Å². The highest BCUT2D eigenvalue weighted by atomic mass is 16.4. The van der Waals surface area contributed by atoms with E-state index in [0.717, 1.165) is 0 Å². The van der Waals surface area contributed by atoms with Gasteiger partial charge in [0.05, 0.1) is 12.0 Å². The van der Waals surface area contributed by atoms with E-state index in [1.807, 2.05) is 0 Å². The Labute approximate surface area is 72.7 Å². The van der Waals surface area contributed by atoms with Gasteiger partial charge in [-0.15, -0.1) is 6.58 Å². The van der Waals surface area contributed by atoms with Gasteiger partial charge in [0.1, 0.15) is 0 Å². The van der Waals surface area contributed by atoms with E-state index in [1.54, 1.807) is 20.8 Å². The highest BCUT2D eigenvalue weighted by Crippen LogP contribution is 2.33. The third-order valence-electron chi connectivity index (χ3n) is 2.06. The molecule has 0 saturated heterocycles. The van der Waals surface area contributed by atoms with Gasteiger partial charge in [-0.05, 0) is 5.41 Å². The number of rotatable bonds is 3. The number of aliphatic carboxylic acids is 1. The van der Waals surface area contributed by atoms with E-state index in [9.17, 15) is 9.90 Å². The van der Waals surface area contributed by atoms with Crippen LogP contribution >= 0.6 is 0 Å². The smallest absolute Gasteiger partial charge is 0.306 e. The Morgan fingerprint density at radius 3 is 2.00 bits per heavy atom. The maximum absolute atomic E-state index is 10.4. The van der Waals surface area contributed by atoms with Gasteiger partial charge in [-0.25, -0.2) is 0 Å². The molecule has 0 heterocycles. The molecule has 0 spiro atoms. The first-order valence-electron chi connectivity index (χ1n) is 3.81. The van der Waals surface area contributed by atoms with Crippen molar-refractivity contribution in [3.63, 3.8) is 0 Å². The minimum absolute atomic E-state index is 0.306. The molecule has 0 aromatic rings. The number of aliphatic hydroxyl groups is 1. The zero-order valence-electron chi connectivity index (χ0n) is 7.79. The molecular weight excluding hydrogens is 156 g/mol. The second kappa shape index (κ2) is 3.27. The van der Waals surface area contributed by atoms with Gasteiger partial charge in [0.2, 0.25) is 0 Å². The van der Waals surface area contributed by atoms with Gasteiger partial charge in [0.25, 0.3) is 0 Å². The molecule has 0 fully saturated rings. The van der Waals surface area contributed by atoms with Crippen molar-refractivity contribution in [2.75, 3.05) is 0 Å². The highest BCUT2D eigenvalue weighted by Gasteiger charge is 2.38. The fourth-order valence-electron chi connectivity index (χ4n) is 0.874. The molecule has 0 aromatic carbocycles. The summed E-state index contributed by atoms with van der Waals surface area (Å²) < 4.78 is 0. The van der Waals surface area contributed by atoms with Gasteiger partial charge in [0, 0.05) is 0 Å². The monoisotopic (exact) mass is 172 g/mol. The van der Waals surface area contributed by atoms with Gasteiger partial charge in [-0.2, -0.15) is 0 Å². The molecule has 0 aliphatic carbocycles. The maximum atomic E-state index is 10.4. The first-order chi connectivity index (χ1) is 5.23. The molecule has 1 unspecified atom stereocenters. The Morgan fingerprint density at radius 1 is 1.50 bits per heavy atom. The Bertz CT molecular complexity index is 190. The summed E-state index contributed by atoms with van der Waals surface area (Å²) in [7, 11) is 0. The van der Waals surface area contributed by atoms with E-state index < -0.39 is 17.0 Å². The third kappa shape index (κ3) is 2.34. The average Bonchev–Trinajstić information content (AvgIpc) is 1.83. The molecule has 3 nitrogen and oxygen atoms in total. The third-order valence-corrected chi connectivity index (χ3v) is 2.06. The van der Waals surface area contributed by atoms with Crippen LogP contribution in [0.25, 0.3) is 0 Å². The zero-order valence-corrected chi connectivity index (χ0v) is 7.79. The molecular formula is C9H16O3. The fourth-order valence-corrected chi connectivity index (χ4v) is 0.874. The Kier molecular flexibility index (Phi) is 3.04. The molecule has 2 N–H and O–H groups in total. The molecule has 0 bridgehead atoms. The summed E-state index contributed by atoms with van der Waals surface area (Å²) in [6.07, 6.45) is 0.987. The van der Waals surface area contributed by atoms with Crippen LogP contribution in [-0.4, -0.2) is 21.8 Å². The van der Waals surface area contributed by atoms with Crippen molar-refractivity contribution >= 4 is 5.97 Å². The van der Waals surface area contributed by atoms with E-state index in [-0.39, 0.29) is 6.42 Å². The lowest BCUT2D eigenvalue weighted by atomic mass is 9.74. The number of hydrogen-bond acceptors (Lipinski definition) is 2. The van der Waals surface area contributed by atoms with Crippen LogP contribution in [0.4, 0.5) is 0 Å². The van der Waals surface area contributed by atoms with Gasteiger partial charge in [-0.3, -0.25) is 4.79 Å². The van der Waals surface area contributed by atoms with Gasteiger partial charge >= 0.3 is 5.97 Å². The second-order valence-corrected chi connectivity index (χ2v) is 3.95. The van der Waals surface area contributed by atoms with E-state index in [2.05, 4.69) is 6.58 Å². The minimum atomic E-state index is -1.33. The Balaban J connectivity index is 4.68. The molecule has 0 radical (unpaired) electrons. The van der Waals surface area contributed by atoms with Gasteiger partial charge < -0.3 is 10.2 Å². The average molecular weight is 172 g/mol. The van der Waals surface area contributed by atoms with E-state index in [4.69, 9.17) is 5.11 Å². The van der Waals surface area contributed by atoms with Crippen molar-refractivity contribution in [3.05, 3.63) is 12.7 Å². The standard InChI is InChI=1S/C9H16O3/c1-5-9(12,6-7(10)11)8(2,3)4/h5,12H,1,6H2,2-4H3,(H,10,11). The lowest BCUT2D eigenvalue weighted by Crippen LogP contribution is -2.42. The summed E-state index contributed by atoms with van der Waals surface area (Å²) in [4.78, 5) is 10.4. The van der Waals surface area contributed by atoms with Crippen molar-refractivity contribution in [1.82, 2.24) is 0 Å². The van der Waals surface area contributed by atoms with Crippen molar-refractivity contribution in [3.8, 4) is 0 Å². The summed E-state index contributed by atoms with van der Waals surface area (Å²) in [6.45, 7) is 8.77. The van der Waals surface area contributed by atoms with Crippen molar-refractivity contribution in [1.29, 1.82) is 0 Å². The lowest BCUT2D eigenvalue weighted by molar-refractivity contribution is -0.144. The van der Waals surface area contributed by atoms with Crippen molar-refractivity contribution in [2.24, 2.45) is 5.41 Å². The van der Waals surface area contributed by atoms with Crippen LogP contribution in [0.2, 0.25) is 0 Å². The topological polar surface area (TPSA) is 57.5 Å². The highest BCUT2D eigenvalue weighted by molar-refractivity contribution is 5.68. The van der Waals surface area contributed by atoms with Gasteiger partial charge in [-0.1, -0.05) is 26.8 Å². The second-order valence-electron chi connectivity index (χ2n) is 3.95. The molecule has 0 aromatic heterocycles. The molecule has 0 aliphatic rings. The maximum Gasteiger partial charge on any atom is 0.306 e. The van der Waals surface area contributed by atoms with E-state index >= 15 is 0 Å². The first-order valence-corrected chi connectivity index (χ1v) is 3.81. The molecule has 1 atom stereocenters. The fraction of sp³-hybridized carbons (Fsp3) is 0.667. The summed E-state index contributed by atoms with van der Waals surface area (Å²) in [5.74, 6) is -1.02. The predicted molar refractivity (Wildman–Crippen MR) is 46.9 cm³/mol. The molecule has 0 rings (SSSR count). The molecule has 3 heteroatoms. The largest absolute Gasteiger partial charge is 0.481 e. The number of carboxylic acid groups (broad SMARTS) is 1. The molecule has 0 aliphatic heterocycles. The summed E-state index contributed by atoms with van der Waals surface area (Å²) in [6, 6.07) is 0. The van der Waals surface area contributed by atoms with Crippen LogP contribution in [0.15, 0.2) is 12.7 Å². The summed E-state index contributed by atoms with van der Waals surface area (Å²) in [5, 5.41) is 18.4. The SMILES string of the molecule is C=CC(O)(CC(=O)O)C(C)(C)C. The van der Waals surface area contributed by atoms with Crippen LogP contribution in [0, 0.1) is 5.41 Å². The van der Waals surface area contributed by atoms with Crippen LogP contribution < -0.4 is 0 Å². The Morgan fingerprint density at radius 2 is 1.92 bits per heavy atom. The van der Waals surface area contributed by atoms with Crippen LogP contribution in [-0.2, 0) is 4.79 Å². The van der Waals surface area contributed by atoms with E-state index in [1.165, 1.54) is 6.08 Å². The summed E-state index contributed by atoms with van der Waals surface area (Å²) in [5.41, 5.74) is -1.84. The number of hydrogen-bond donors (Lipinski definition) is 2. The Hall–Kier alpha value is -0.830. The molecule has 0 amide bonds. The number of carbonyl (C=O) groups is 1. The first kappa shape index (κ1) is 11.2. The lowest BCUT2D eigenvalue weighted by Gasteiger charge is -2.36. The normalized spacial score (nSPS) is 16.7. The quantitative estimate of drug-likeness (QED) is 0.633. The summed E-state index contributed by atoms with van der Waals surface area (Å²) >= 11 is 0. The molecule has 12 heavy (non-hydrogen) atoms. The predicted octanol–water partition coefficient (Wildman–Crippen LogP) is 1.42. The zero-order chi connectivity index (χ0) is 9.99. The van der Waals surface area contributed by atoms with Crippen LogP contribution in [0.3, 0.4) is 0 Å². The van der Waals surface area contributed by atoms with Crippen LogP contribution in [0.5, 0.6) is 0 Å². The van der Waals surface area contributed by atoms with Crippen molar-refractivity contribution in [2.45, 2.75) is 32.8 Å².